The second-order valence-electron chi connectivity index (χ2n) is 11.3. The third-order valence-corrected chi connectivity index (χ3v) is 6.65. The van der Waals surface area contributed by atoms with Gasteiger partial charge in [-0.2, -0.15) is 0 Å². The van der Waals surface area contributed by atoms with Crippen LogP contribution in [0.15, 0.2) is 30.3 Å². The van der Waals surface area contributed by atoms with Crippen LogP contribution in [-0.4, -0.2) is 82.8 Å². The van der Waals surface area contributed by atoms with E-state index in [0.717, 1.165) is 5.56 Å². The van der Waals surface area contributed by atoms with Crippen molar-refractivity contribution in [1.82, 2.24) is 26.6 Å². The highest BCUT2D eigenvalue weighted by Crippen LogP contribution is 2.07. The summed E-state index contributed by atoms with van der Waals surface area (Å²) in [5, 5.41) is 21.5. The molecule has 0 aliphatic carbocycles. The highest BCUT2D eigenvalue weighted by molar-refractivity contribution is 5.97. The number of carboxylic acid groups (broad SMARTS) is 1. The maximum absolute atomic E-state index is 13.1. The quantitative estimate of drug-likeness (QED) is 0.0987. The molecule has 0 aliphatic rings. The van der Waals surface area contributed by atoms with Gasteiger partial charge in [0.05, 0.1) is 12.5 Å². The van der Waals surface area contributed by atoms with Crippen molar-refractivity contribution in [3.05, 3.63) is 35.9 Å². The fraction of sp³-hybridized carbons (Fsp3) is 0.552. The highest BCUT2D eigenvalue weighted by Gasteiger charge is 2.33. The largest absolute Gasteiger partial charge is 0.480 e. The van der Waals surface area contributed by atoms with Gasteiger partial charge in [0.2, 0.25) is 35.4 Å². The summed E-state index contributed by atoms with van der Waals surface area (Å²) in [5.74, 6) is -6.97. The predicted molar refractivity (Wildman–Crippen MR) is 160 cm³/mol. The molecule has 0 aromatic heterocycles. The van der Waals surface area contributed by atoms with Gasteiger partial charge in [-0.15, -0.1) is 0 Å². The maximum atomic E-state index is 13.1. The van der Waals surface area contributed by atoms with Crippen molar-refractivity contribution >= 4 is 41.4 Å². The molecule has 244 valence electrons. The Bertz CT molecular complexity index is 1190. The smallest absolute Gasteiger partial charge is 0.326 e. The second kappa shape index (κ2) is 17.6. The Morgan fingerprint density at radius 3 is 1.61 bits per heavy atom. The third kappa shape index (κ3) is 12.4. The van der Waals surface area contributed by atoms with E-state index in [1.54, 1.807) is 27.7 Å². The van der Waals surface area contributed by atoms with E-state index in [1.165, 1.54) is 13.8 Å². The highest BCUT2D eigenvalue weighted by atomic mass is 16.4. The molecule has 0 saturated carbocycles. The van der Waals surface area contributed by atoms with Gasteiger partial charge in [-0.05, 0) is 37.7 Å². The molecular weight excluding hydrogens is 574 g/mol. The minimum Gasteiger partial charge on any atom is -0.480 e. The minimum absolute atomic E-state index is 0.262. The summed E-state index contributed by atoms with van der Waals surface area (Å²) in [7, 11) is 0. The van der Waals surface area contributed by atoms with E-state index in [9.17, 15) is 38.7 Å². The van der Waals surface area contributed by atoms with Crippen LogP contribution in [0.1, 0.15) is 53.5 Å². The second-order valence-corrected chi connectivity index (χ2v) is 11.3. The molecule has 0 radical (unpaired) electrons. The van der Waals surface area contributed by atoms with Gasteiger partial charge < -0.3 is 43.2 Å². The number of nitrogens with two attached hydrogens (primary N) is 2. The van der Waals surface area contributed by atoms with Crippen LogP contribution in [0.25, 0.3) is 0 Å². The summed E-state index contributed by atoms with van der Waals surface area (Å²) in [5.41, 5.74) is 12.1. The molecule has 0 saturated heterocycles. The Balaban J connectivity index is 2.83. The lowest BCUT2D eigenvalue weighted by Gasteiger charge is -2.27. The summed E-state index contributed by atoms with van der Waals surface area (Å²) in [6, 6.07) is 2.04. The van der Waals surface area contributed by atoms with Crippen LogP contribution in [0.3, 0.4) is 0 Å². The monoisotopic (exact) mass is 619 g/mol. The van der Waals surface area contributed by atoms with E-state index in [1.807, 2.05) is 30.3 Å². The number of carboxylic acids is 1. The molecule has 1 rings (SSSR count). The Hall–Kier alpha value is -4.53. The first-order valence-electron chi connectivity index (χ1n) is 14.3. The van der Waals surface area contributed by atoms with Crippen molar-refractivity contribution in [1.29, 1.82) is 0 Å². The first-order chi connectivity index (χ1) is 20.4. The molecule has 6 amide bonds. The zero-order valence-electron chi connectivity index (χ0n) is 25.9. The number of rotatable bonds is 17. The number of nitrogens with one attached hydrogen (secondary N) is 5. The number of hydrogen-bond acceptors (Lipinski definition) is 8. The Morgan fingerprint density at radius 1 is 0.659 bits per heavy atom. The SMILES string of the molecule is CC(C)[C@H](NC(=O)[C@H](CC(N)=O)NC(=O)[C@@H](NC(=O)[C@H](C)NC(=O)[C@H](C)NC(=O)[C@@H](N)Cc1ccccc1)C(C)C)C(=O)O. The molecular formula is C29H45N7O8. The Morgan fingerprint density at radius 2 is 1.14 bits per heavy atom. The number of hydrogen-bond donors (Lipinski definition) is 8. The van der Waals surface area contributed by atoms with Gasteiger partial charge in [-0.25, -0.2) is 4.79 Å². The molecule has 0 unspecified atom stereocenters. The van der Waals surface area contributed by atoms with E-state index in [2.05, 4.69) is 26.6 Å². The van der Waals surface area contributed by atoms with Gasteiger partial charge in [-0.3, -0.25) is 28.8 Å². The average Bonchev–Trinajstić information content (AvgIpc) is 2.93. The van der Waals surface area contributed by atoms with Crippen LogP contribution < -0.4 is 38.1 Å². The zero-order chi connectivity index (χ0) is 33.7. The molecule has 1 aromatic carbocycles. The van der Waals surface area contributed by atoms with Crippen LogP contribution in [-0.2, 0) is 40.0 Å². The minimum atomic E-state index is -1.51. The molecule has 15 heteroatoms. The first kappa shape index (κ1) is 37.5. The fourth-order valence-corrected chi connectivity index (χ4v) is 4.00. The van der Waals surface area contributed by atoms with Crippen molar-refractivity contribution < 1.29 is 38.7 Å². The van der Waals surface area contributed by atoms with Crippen LogP contribution in [0.5, 0.6) is 0 Å². The van der Waals surface area contributed by atoms with Crippen LogP contribution in [0, 0.1) is 11.8 Å². The normalized spacial score (nSPS) is 15.1. The van der Waals surface area contributed by atoms with Crippen molar-refractivity contribution in [2.45, 2.75) is 90.6 Å². The van der Waals surface area contributed by atoms with Crippen molar-refractivity contribution in [2.75, 3.05) is 0 Å². The Labute approximate surface area is 256 Å². The molecule has 0 fully saturated rings. The fourth-order valence-electron chi connectivity index (χ4n) is 4.00. The van der Waals surface area contributed by atoms with E-state index >= 15 is 0 Å². The van der Waals surface area contributed by atoms with Crippen LogP contribution in [0.4, 0.5) is 0 Å². The summed E-state index contributed by atoms with van der Waals surface area (Å²) in [6.07, 6.45) is -0.357. The first-order valence-corrected chi connectivity index (χ1v) is 14.3. The number of primary amides is 1. The van der Waals surface area contributed by atoms with E-state index in [-0.39, 0.29) is 6.42 Å². The van der Waals surface area contributed by atoms with Crippen molar-refractivity contribution in [3.63, 3.8) is 0 Å². The predicted octanol–water partition coefficient (Wildman–Crippen LogP) is -1.71. The lowest BCUT2D eigenvalue weighted by molar-refractivity contribution is -0.143. The van der Waals surface area contributed by atoms with Gasteiger partial charge in [0.15, 0.2) is 0 Å². The summed E-state index contributed by atoms with van der Waals surface area (Å²) < 4.78 is 0. The molecule has 44 heavy (non-hydrogen) atoms. The molecule has 0 spiro atoms. The van der Waals surface area contributed by atoms with Crippen LogP contribution >= 0.6 is 0 Å². The molecule has 1 aromatic rings. The number of aliphatic carboxylic acids is 1. The third-order valence-electron chi connectivity index (χ3n) is 6.65. The number of benzene rings is 1. The molecule has 0 bridgehead atoms. The number of amides is 6. The topological polar surface area (TPSA) is 252 Å². The summed E-state index contributed by atoms with van der Waals surface area (Å²) >= 11 is 0. The Kier molecular flexibility index (Phi) is 15.0. The van der Waals surface area contributed by atoms with E-state index < -0.39 is 95.9 Å². The lowest BCUT2D eigenvalue weighted by Crippen LogP contribution is -2.60. The van der Waals surface area contributed by atoms with Gasteiger partial charge in [0.25, 0.3) is 0 Å². The average molecular weight is 620 g/mol. The molecule has 6 atom stereocenters. The van der Waals surface area contributed by atoms with Gasteiger partial charge in [-0.1, -0.05) is 58.0 Å². The van der Waals surface area contributed by atoms with Gasteiger partial charge >= 0.3 is 5.97 Å². The van der Waals surface area contributed by atoms with Gasteiger partial charge in [0.1, 0.15) is 30.2 Å². The van der Waals surface area contributed by atoms with E-state index in [0.29, 0.717) is 0 Å². The number of carbonyl (C=O) groups excluding carboxylic acids is 6. The molecule has 0 heterocycles. The standard InChI is InChI=1S/C29H45N7O8/c1-14(2)22(28(42)34-20(13-21(31)37)27(41)36-23(15(3)4)29(43)44)35-25(39)17(6)32-24(38)16(5)33-26(40)19(30)12-18-10-8-7-9-11-18/h7-11,14-17,19-20,22-23H,12-13,30H2,1-6H3,(H2,31,37)(H,32,38)(H,33,40)(H,34,42)(H,35,39)(H,36,41)(H,43,44)/t16-,17-,19-,20-,22-,23-/m0/s1. The lowest BCUT2D eigenvalue weighted by atomic mass is 10.0. The van der Waals surface area contributed by atoms with Gasteiger partial charge in [0, 0.05) is 0 Å². The molecule has 10 N–H and O–H groups in total. The van der Waals surface area contributed by atoms with E-state index in [4.69, 9.17) is 11.5 Å². The van der Waals surface area contributed by atoms with Crippen molar-refractivity contribution in [3.8, 4) is 0 Å². The van der Waals surface area contributed by atoms with Crippen LogP contribution in [0.2, 0.25) is 0 Å². The number of carbonyl (C=O) groups is 7. The molecule has 15 nitrogen and oxygen atoms in total. The zero-order valence-corrected chi connectivity index (χ0v) is 25.9. The van der Waals surface area contributed by atoms with Crippen molar-refractivity contribution in [2.24, 2.45) is 23.3 Å². The maximum Gasteiger partial charge on any atom is 0.326 e. The summed E-state index contributed by atoms with van der Waals surface area (Å²) in [6.45, 7) is 9.18. The summed E-state index contributed by atoms with van der Waals surface area (Å²) in [4.78, 5) is 87.1. The molecule has 0 aliphatic heterocycles.